The summed E-state index contributed by atoms with van der Waals surface area (Å²) in [6, 6.07) is 16.0. The topological polar surface area (TPSA) is 98.2 Å². The summed E-state index contributed by atoms with van der Waals surface area (Å²) >= 11 is 3.31. The Hall–Kier alpha value is -2.18. The van der Waals surface area contributed by atoms with E-state index in [-0.39, 0.29) is 6.42 Å². The Morgan fingerprint density at radius 2 is 1.64 bits per heavy atom. The zero-order valence-corrected chi connectivity index (χ0v) is 13.3. The van der Waals surface area contributed by atoms with Crippen LogP contribution >= 0.6 is 15.9 Å². The van der Waals surface area contributed by atoms with Crippen molar-refractivity contribution in [2.45, 2.75) is 12.0 Å². The van der Waals surface area contributed by atoms with Crippen LogP contribution in [0.1, 0.15) is 5.56 Å². The van der Waals surface area contributed by atoms with Crippen molar-refractivity contribution >= 4 is 33.4 Å². The van der Waals surface area contributed by atoms with Gasteiger partial charge in [-0.05, 0) is 29.8 Å². The van der Waals surface area contributed by atoms with E-state index >= 15 is 0 Å². The highest BCUT2D eigenvalue weighted by atomic mass is 79.9. The number of benzene rings is 2. The lowest BCUT2D eigenvalue weighted by Crippen LogP contribution is -2.61. The average Bonchev–Trinajstić information content (AvgIpc) is 2.50. The largest absolute Gasteiger partial charge is 0.368 e. The minimum absolute atomic E-state index is 0.0333. The molecule has 0 bridgehead atoms. The molecule has 0 saturated heterocycles. The molecule has 0 aliphatic carbocycles. The van der Waals surface area contributed by atoms with Gasteiger partial charge in [-0.2, -0.15) is 0 Å². The van der Waals surface area contributed by atoms with Gasteiger partial charge in [-0.1, -0.05) is 46.3 Å². The Balaban J connectivity index is 2.20. The fourth-order valence-electron chi connectivity index (χ4n) is 1.97. The summed E-state index contributed by atoms with van der Waals surface area (Å²) < 4.78 is 0.878. The van der Waals surface area contributed by atoms with E-state index in [0.29, 0.717) is 5.69 Å². The monoisotopic (exact) mass is 361 g/mol. The van der Waals surface area contributed by atoms with Crippen LogP contribution in [0.25, 0.3) is 0 Å². The summed E-state index contributed by atoms with van der Waals surface area (Å²) in [6.45, 7) is 0. The molecule has 0 saturated carbocycles. The van der Waals surface area contributed by atoms with E-state index in [2.05, 4.69) is 21.2 Å². The van der Waals surface area contributed by atoms with Gasteiger partial charge in [0.1, 0.15) is 0 Å². The molecule has 2 aromatic rings. The van der Waals surface area contributed by atoms with Crippen LogP contribution < -0.4 is 16.8 Å². The highest BCUT2D eigenvalue weighted by Crippen LogP contribution is 2.17. The molecule has 2 rings (SSSR count). The molecule has 2 amide bonds. The first-order valence-electron chi connectivity index (χ1n) is 6.61. The van der Waals surface area contributed by atoms with Gasteiger partial charge in [0.25, 0.3) is 5.91 Å². The Morgan fingerprint density at radius 1 is 1.05 bits per heavy atom. The van der Waals surface area contributed by atoms with Crippen LogP contribution in [0.15, 0.2) is 59.1 Å². The first kappa shape index (κ1) is 16.2. The highest BCUT2D eigenvalue weighted by molar-refractivity contribution is 9.10. The number of rotatable bonds is 5. The number of hydrogen-bond donors (Lipinski definition) is 3. The fraction of sp³-hybridized carbons (Fsp3) is 0.125. The van der Waals surface area contributed by atoms with Gasteiger partial charge in [0.15, 0.2) is 5.54 Å². The molecule has 0 fully saturated rings. The van der Waals surface area contributed by atoms with E-state index in [0.717, 1.165) is 10.0 Å². The lowest BCUT2D eigenvalue weighted by atomic mass is 9.90. The number of halogens is 1. The predicted octanol–water partition coefficient (Wildman–Crippen LogP) is 1.81. The number of hydrogen-bond acceptors (Lipinski definition) is 3. The number of nitrogens with two attached hydrogens (primary N) is 2. The summed E-state index contributed by atoms with van der Waals surface area (Å²) in [4.78, 5) is 24.2. The zero-order valence-electron chi connectivity index (χ0n) is 11.8. The molecule has 6 heteroatoms. The number of nitrogens with one attached hydrogen (secondary N) is 1. The second kappa shape index (κ2) is 6.72. The number of primary amides is 1. The van der Waals surface area contributed by atoms with Gasteiger partial charge in [-0.3, -0.25) is 9.59 Å². The van der Waals surface area contributed by atoms with Crippen LogP contribution in [0.2, 0.25) is 0 Å². The average molecular weight is 362 g/mol. The molecule has 2 aromatic carbocycles. The summed E-state index contributed by atoms with van der Waals surface area (Å²) in [6.07, 6.45) is 0.0333. The molecule has 1 unspecified atom stereocenters. The van der Waals surface area contributed by atoms with Crippen molar-refractivity contribution in [3.05, 3.63) is 64.6 Å². The number of carbonyl (C=O) groups excluding carboxylic acids is 2. The molecule has 0 aliphatic heterocycles. The highest BCUT2D eigenvalue weighted by Gasteiger charge is 2.40. The van der Waals surface area contributed by atoms with Crippen molar-refractivity contribution < 1.29 is 9.59 Å². The van der Waals surface area contributed by atoms with Crippen LogP contribution in [0.3, 0.4) is 0 Å². The van der Waals surface area contributed by atoms with E-state index in [1.807, 2.05) is 18.2 Å². The first-order valence-corrected chi connectivity index (χ1v) is 7.41. The molecule has 22 heavy (non-hydrogen) atoms. The van der Waals surface area contributed by atoms with Crippen LogP contribution in [0, 0.1) is 0 Å². The minimum atomic E-state index is -1.81. The first-order chi connectivity index (χ1) is 10.4. The number of amides is 2. The summed E-state index contributed by atoms with van der Waals surface area (Å²) in [7, 11) is 0. The van der Waals surface area contributed by atoms with E-state index in [4.69, 9.17) is 11.5 Å². The van der Waals surface area contributed by atoms with Crippen molar-refractivity contribution in [3.63, 3.8) is 0 Å². The third-order valence-electron chi connectivity index (χ3n) is 3.27. The van der Waals surface area contributed by atoms with Crippen molar-refractivity contribution in [1.29, 1.82) is 0 Å². The Morgan fingerprint density at radius 3 is 2.18 bits per heavy atom. The molecule has 5 nitrogen and oxygen atoms in total. The van der Waals surface area contributed by atoms with Crippen molar-refractivity contribution in [1.82, 2.24) is 0 Å². The van der Waals surface area contributed by atoms with Crippen LogP contribution in [0.4, 0.5) is 5.69 Å². The lowest BCUT2D eigenvalue weighted by molar-refractivity contribution is -0.132. The third kappa shape index (κ3) is 3.72. The lowest BCUT2D eigenvalue weighted by Gasteiger charge is -2.25. The van der Waals surface area contributed by atoms with Gasteiger partial charge in [0.2, 0.25) is 5.91 Å². The van der Waals surface area contributed by atoms with Crippen LogP contribution in [-0.2, 0) is 16.0 Å². The van der Waals surface area contributed by atoms with Crippen LogP contribution in [0.5, 0.6) is 0 Å². The molecule has 0 aromatic heterocycles. The molecule has 0 heterocycles. The van der Waals surface area contributed by atoms with Crippen molar-refractivity contribution in [2.75, 3.05) is 5.32 Å². The summed E-state index contributed by atoms with van der Waals surface area (Å²) in [5.74, 6) is -1.50. The second-order valence-electron chi connectivity index (χ2n) is 4.96. The van der Waals surface area contributed by atoms with Crippen molar-refractivity contribution in [3.8, 4) is 0 Å². The Bertz CT molecular complexity index is 674. The molecule has 0 radical (unpaired) electrons. The predicted molar refractivity (Wildman–Crippen MR) is 89.0 cm³/mol. The maximum absolute atomic E-state index is 12.4. The zero-order chi connectivity index (χ0) is 16.2. The molecule has 0 spiro atoms. The smallest absolute Gasteiger partial charge is 0.254 e. The van der Waals surface area contributed by atoms with Gasteiger partial charge >= 0.3 is 0 Å². The molecular weight excluding hydrogens is 346 g/mol. The maximum Gasteiger partial charge on any atom is 0.254 e. The maximum atomic E-state index is 12.4. The second-order valence-corrected chi connectivity index (χ2v) is 5.87. The standard InChI is InChI=1S/C16H16BrN3O2/c17-12-6-8-13(9-7-12)20-15(22)16(19,14(18)21)10-11-4-2-1-3-5-11/h1-9H,10,19H2,(H2,18,21)(H,20,22). The van der Waals surface area contributed by atoms with Gasteiger partial charge in [0, 0.05) is 16.6 Å². The Kier molecular flexibility index (Phi) is 4.95. The molecule has 5 N–H and O–H groups in total. The third-order valence-corrected chi connectivity index (χ3v) is 3.80. The SMILES string of the molecule is NC(=O)C(N)(Cc1ccccc1)C(=O)Nc1ccc(Br)cc1. The summed E-state index contributed by atoms with van der Waals surface area (Å²) in [5, 5.41) is 2.63. The number of anilines is 1. The minimum Gasteiger partial charge on any atom is -0.368 e. The van der Waals surface area contributed by atoms with Gasteiger partial charge < -0.3 is 16.8 Å². The summed E-state index contributed by atoms with van der Waals surface area (Å²) in [5.41, 5.74) is 10.9. The normalized spacial score (nSPS) is 13.2. The molecule has 1 atom stereocenters. The van der Waals surface area contributed by atoms with E-state index in [9.17, 15) is 9.59 Å². The van der Waals surface area contributed by atoms with E-state index in [1.54, 1.807) is 36.4 Å². The van der Waals surface area contributed by atoms with Crippen molar-refractivity contribution in [2.24, 2.45) is 11.5 Å². The fourth-order valence-corrected chi connectivity index (χ4v) is 2.24. The van der Waals surface area contributed by atoms with E-state index in [1.165, 1.54) is 0 Å². The van der Waals surface area contributed by atoms with Gasteiger partial charge in [-0.25, -0.2) is 0 Å². The quantitative estimate of drug-likeness (QED) is 0.708. The Labute approximate surface area is 136 Å². The number of carbonyl (C=O) groups is 2. The molecule has 114 valence electrons. The van der Waals surface area contributed by atoms with Gasteiger partial charge in [-0.15, -0.1) is 0 Å². The molecule has 0 aliphatic rings. The molecular formula is C16H16BrN3O2. The van der Waals surface area contributed by atoms with Crippen LogP contribution in [-0.4, -0.2) is 17.4 Å². The van der Waals surface area contributed by atoms with E-state index < -0.39 is 17.4 Å². The van der Waals surface area contributed by atoms with Gasteiger partial charge in [0.05, 0.1) is 0 Å².